The Labute approximate surface area is 153 Å². The molecule has 0 aliphatic carbocycles. The molecular formula is C18H15ClN4OS. The minimum atomic E-state index is -0.174. The largest absolute Gasteiger partial charge is 0.370 e. The molecule has 0 saturated heterocycles. The van der Waals surface area contributed by atoms with Gasteiger partial charge in [0.1, 0.15) is 11.2 Å². The molecule has 3 aromatic heterocycles. The molecule has 0 saturated carbocycles. The van der Waals surface area contributed by atoms with Crippen LogP contribution in [0, 0.1) is 0 Å². The van der Waals surface area contributed by atoms with Gasteiger partial charge in [-0.2, -0.15) is 0 Å². The Morgan fingerprint density at radius 2 is 2.04 bits per heavy atom. The van der Waals surface area contributed by atoms with Crippen molar-refractivity contribution in [3.05, 3.63) is 46.1 Å². The molecule has 0 fully saturated rings. The Morgan fingerprint density at radius 3 is 2.84 bits per heavy atom. The van der Waals surface area contributed by atoms with Gasteiger partial charge in [0.15, 0.2) is 11.5 Å². The monoisotopic (exact) mass is 370 g/mol. The third-order valence-electron chi connectivity index (χ3n) is 4.51. The lowest BCUT2D eigenvalue weighted by Crippen LogP contribution is -2.31. The van der Waals surface area contributed by atoms with E-state index in [-0.39, 0.29) is 5.60 Å². The summed E-state index contributed by atoms with van der Waals surface area (Å²) >= 11 is 7.67. The minimum Gasteiger partial charge on any atom is -0.370 e. The molecule has 4 aromatic rings. The Morgan fingerprint density at radius 1 is 1.24 bits per heavy atom. The lowest BCUT2D eigenvalue weighted by Gasteiger charge is -2.30. The zero-order chi connectivity index (χ0) is 17.2. The van der Waals surface area contributed by atoms with Gasteiger partial charge in [0.25, 0.3) is 0 Å². The standard InChI is InChI=1S/C18H15ClN4OS/c1-18(2)7-12-13(8-24-18)25-17-14(12)16-21-15(22-23(16)9-20-17)10-3-5-11(19)6-4-10/h3-6,9H,7-8H2,1-2H3. The fourth-order valence-electron chi connectivity index (χ4n) is 3.26. The molecule has 0 amide bonds. The fourth-order valence-corrected chi connectivity index (χ4v) is 4.45. The smallest absolute Gasteiger partial charge is 0.182 e. The van der Waals surface area contributed by atoms with Crippen LogP contribution in [0.5, 0.6) is 0 Å². The summed E-state index contributed by atoms with van der Waals surface area (Å²) in [6.45, 7) is 4.87. The molecular weight excluding hydrogens is 356 g/mol. The maximum atomic E-state index is 5.98. The highest BCUT2D eigenvalue weighted by Gasteiger charge is 2.30. The van der Waals surface area contributed by atoms with Crippen LogP contribution in [0.3, 0.4) is 0 Å². The summed E-state index contributed by atoms with van der Waals surface area (Å²) in [5.74, 6) is 0.678. The van der Waals surface area contributed by atoms with Gasteiger partial charge < -0.3 is 4.74 Å². The highest BCUT2D eigenvalue weighted by Crippen LogP contribution is 2.39. The Hall–Kier alpha value is -2.02. The first-order chi connectivity index (χ1) is 12.0. The number of benzene rings is 1. The molecule has 0 atom stereocenters. The first-order valence-electron chi connectivity index (χ1n) is 8.06. The van der Waals surface area contributed by atoms with E-state index in [4.69, 9.17) is 21.3 Å². The lowest BCUT2D eigenvalue weighted by atomic mass is 9.94. The van der Waals surface area contributed by atoms with E-state index in [1.54, 1.807) is 22.2 Å². The second-order valence-electron chi connectivity index (χ2n) is 6.86. The SMILES string of the molecule is CC1(C)Cc2c(sc3ncn4nc(-c5ccc(Cl)cc5)nc4c23)CO1. The molecule has 0 spiro atoms. The summed E-state index contributed by atoms with van der Waals surface area (Å²) in [6, 6.07) is 7.56. The van der Waals surface area contributed by atoms with Crippen LogP contribution in [0.2, 0.25) is 5.02 Å². The van der Waals surface area contributed by atoms with Crippen LogP contribution in [0.25, 0.3) is 27.3 Å². The summed E-state index contributed by atoms with van der Waals surface area (Å²) in [5, 5.41) is 6.40. The first kappa shape index (κ1) is 15.3. The van der Waals surface area contributed by atoms with Crippen molar-refractivity contribution in [2.24, 2.45) is 0 Å². The summed E-state index contributed by atoms with van der Waals surface area (Å²) < 4.78 is 7.71. The average molecular weight is 371 g/mol. The third-order valence-corrected chi connectivity index (χ3v) is 5.88. The van der Waals surface area contributed by atoms with E-state index in [2.05, 4.69) is 23.9 Å². The van der Waals surface area contributed by atoms with Crippen molar-refractivity contribution in [1.82, 2.24) is 19.6 Å². The second kappa shape index (κ2) is 5.24. The summed E-state index contributed by atoms with van der Waals surface area (Å²) in [5.41, 5.74) is 2.91. The molecule has 5 nitrogen and oxygen atoms in total. The van der Waals surface area contributed by atoms with Crippen LogP contribution in [0.4, 0.5) is 0 Å². The van der Waals surface area contributed by atoms with Gasteiger partial charge in [0, 0.05) is 21.9 Å². The lowest BCUT2D eigenvalue weighted by molar-refractivity contribution is -0.0379. The number of hydrogen-bond acceptors (Lipinski definition) is 5. The number of thiophene rings is 1. The molecule has 0 N–H and O–H groups in total. The second-order valence-corrected chi connectivity index (χ2v) is 8.38. The van der Waals surface area contributed by atoms with E-state index < -0.39 is 0 Å². The topological polar surface area (TPSA) is 52.3 Å². The molecule has 1 aliphatic heterocycles. The number of hydrogen-bond donors (Lipinski definition) is 0. The summed E-state index contributed by atoms with van der Waals surface area (Å²) in [6.07, 6.45) is 2.59. The van der Waals surface area contributed by atoms with E-state index >= 15 is 0 Å². The van der Waals surface area contributed by atoms with Crippen molar-refractivity contribution in [3.63, 3.8) is 0 Å². The van der Waals surface area contributed by atoms with Crippen LogP contribution in [-0.2, 0) is 17.8 Å². The zero-order valence-electron chi connectivity index (χ0n) is 13.8. The number of fused-ring (bicyclic) bond motifs is 5. The maximum absolute atomic E-state index is 5.98. The van der Waals surface area contributed by atoms with Crippen LogP contribution in [0.1, 0.15) is 24.3 Å². The van der Waals surface area contributed by atoms with Crippen LogP contribution >= 0.6 is 22.9 Å². The molecule has 25 heavy (non-hydrogen) atoms. The summed E-state index contributed by atoms with van der Waals surface area (Å²) in [7, 11) is 0. The van der Waals surface area contributed by atoms with Crippen molar-refractivity contribution in [2.45, 2.75) is 32.5 Å². The fraction of sp³-hybridized carbons (Fsp3) is 0.278. The number of nitrogens with zero attached hydrogens (tertiary/aromatic N) is 4. The van der Waals surface area contributed by atoms with Crippen LogP contribution in [-0.4, -0.2) is 25.2 Å². The Bertz CT molecular complexity index is 1110. The van der Waals surface area contributed by atoms with Gasteiger partial charge in [-0.05, 0) is 43.7 Å². The van der Waals surface area contributed by atoms with Crippen molar-refractivity contribution < 1.29 is 4.74 Å². The molecule has 0 bridgehead atoms. The number of aromatic nitrogens is 4. The molecule has 4 heterocycles. The highest BCUT2D eigenvalue weighted by molar-refractivity contribution is 7.19. The predicted octanol–water partition coefficient (Wildman–Crippen LogP) is 4.51. The van der Waals surface area contributed by atoms with Crippen LogP contribution in [0.15, 0.2) is 30.6 Å². The van der Waals surface area contributed by atoms with Crippen molar-refractivity contribution in [3.8, 4) is 11.4 Å². The van der Waals surface area contributed by atoms with Gasteiger partial charge in [0.05, 0.1) is 17.6 Å². The van der Waals surface area contributed by atoms with E-state index in [0.717, 1.165) is 27.8 Å². The first-order valence-corrected chi connectivity index (χ1v) is 9.25. The van der Waals surface area contributed by atoms with E-state index in [9.17, 15) is 0 Å². The van der Waals surface area contributed by atoms with Gasteiger partial charge >= 0.3 is 0 Å². The Balaban J connectivity index is 1.75. The van der Waals surface area contributed by atoms with Gasteiger partial charge in [-0.3, -0.25) is 0 Å². The van der Waals surface area contributed by atoms with Gasteiger partial charge in [-0.25, -0.2) is 14.5 Å². The molecule has 1 aromatic carbocycles. The average Bonchev–Trinajstić information content (AvgIpc) is 3.15. The number of rotatable bonds is 1. The molecule has 126 valence electrons. The van der Waals surface area contributed by atoms with Gasteiger partial charge in [-0.1, -0.05) is 11.6 Å². The zero-order valence-corrected chi connectivity index (χ0v) is 15.4. The van der Waals surface area contributed by atoms with E-state index in [1.165, 1.54) is 10.4 Å². The highest BCUT2D eigenvalue weighted by atomic mass is 35.5. The van der Waals surface area contributed by atoms with Crippen LogP contribution < -0.4 is 0 Å². The van der Waals surface area contributed by atoms with Crippen molar-refractivity contribution in [1.29, 1.82) is 0 Å². The third kappa shape index (κ3) is 2.44. The Kier molecular flexibility index (Phi) is 3.20. The maximum Gasteiger partial charge on any atom is 0.182 e. The van der Waals surface area contributed by atoms with E-state index in [1.807, 2.05) is 24.3 Å². The van der Waals surface area contributed by atoms with Crippen molar-refractivity contribution in [2.75, 3.05) is 0 Å². The van der Waals surface area contributed by atoms with Gasteiger partial charge in [-0.15, -0.1) is 16.4 Å². The predicted molar refractivity (Wildman–Crippen MR) is 99.2 cm³/mol. The normalized spacial score (nSPS) is 16.4. The summed E-state index contributed by atoms with van der Waals surface area (Å²) in [4.78, 5) is 11.6. The van der Waals surface area contributed by atoms with E-state index in [0.29, 0.717) is 17.5 Å². The molecule has 7 heteroatoms. The molecule has 5 rings (SSSR count). The quantitative estimate of drug-likeness (QED) is 0.494. The van der Waals surface area contributed by atoms with Crippen molar-refractivity contribution >= 4 is 38.8 Å². The molecule has 0 radical (unpaired) electrons. The number of ether oxygens (including phenoxy) is 1. The van der Waals surface area contributed by atoms with Gasteiger partial charge in [0.2, 0.25) is 0 Å². The minimum absolute atomic E-state index is 0.174. The number of halogens is 1. The molecule has 1 aliphatic rings. The molecule has 0 unspecified atom stereocenters.